The van der Waals surface area contributed by atoms with Gasteiger partial charge in [0.25, 0.3) is 0 Å². The number of fused-ring (bicyclic) bond motifs is 2. The molecule has 37 heavy (non-hydrogen) atoms. The third-order valence-corrected chi connectivity index (χ3v) is 7.39. The number of benzene rings is 2. The lowest BCUT2D eigenvalue weighted by Gasteiger charge is -2.33. The van der Waals surface area contributed by atoms with Gasteiger partial charge in [0.2, 0.25) is 0 Å². The van der Waals surface area contributed by atoms with Crippen LogP contribution in [0.5, 0.6) is 0 Å². The third-order valence-electron chi connectivity index (χ3n) is 7.39. The van der Waals surface area contributed by atoms with E-state index in [-0.39, 0.29) is 6.09 Å². The number of carbonyl (C=O) groups excluding carboxylic acids is 1. The minimum absolute atomic E-state index is 0.201. The maximum absolute atomic E-state index is 12.1. The molecule has 0 spiro atoms. The van der Waals surface area contributed by atoms with Crippen molar-refractivity contribution in [2.24, 2.45) is 0 Å². The number of hydrogen-bond donors (Lipinski definition) is 1. The van der Waals surface area contributed by atoms with Crippen molar-refractivity contribution in [2.75, 3.05) is 26.2 Å². The van der Waals surface area contributed by atoms with Crippen LogP contribution in [0, 0.1) is 0 Å². The fourth-order valence-electron chi connectivity index (χ4n) is 5.33. The molecule has 0 aliphatic carbocycles. The standard InChI is InChI=1S/C18H23NO3.C13H15NO/c1-18(2,3)22-17(20)19-9-6-13(7-10-19)15-5-4-14-8-11-21-16(14)12-15;1-2-12(10-3-6-14-7-4-10)9-13-11(1)5-8-15-13/h4-5,8,11-13H,6-7,9-10H2,1-3H3;1-2,5,8-10,14H,3-4,6-7H2. The van der Waals surface area contributed by atoms with Crippen LogP contribution < -0.4 is 5.32 Å². The van der Waals surface area contributed by atoms with E-state index in [2.05, 4.69) is 41.7 Å². The number of rotatable bonds is 2. The van der Waals surface area contributed by atoms with Crippen molar-refractivity contribution in [3.63, 3.8) is 0 Å². The molecule has 4 heterocycles. The van der Waals surface area contributed by atoms with Gasteiger partial charge in [-0.2, -0.15) is 0 Å². The summed E-state index contributed by atoms with van der Waals surface area (Å²) in [5.41, 5.74) is 4.25. The first kappa shape index (κ1) is 25.4. The van der Waals surface area contributed by atoms with Crippen molar-refractivity contribution < 1.29 is 18.4 Å². The van der Waals surface area contributed by atoms with Gasteiger partial charge in [0.15, 0.2) is 0 Å². The predicted molar refractivity (Wildman–Crippen MR) is 147 cm³/mol. The van der Waals surface area contributed by atoms with Crippen LogP contribution in [0.25, 0.3) is 21.9 Å². The average molecular weight is 503 g/mol. The van der Waals surface area contributed by atoms with Gasteiger partial charge >= 0.3 is 6.09 Å². The molecule has 6 rings (SSSR count). The highest BCUT2D eigenvalue weighted by molar-refractivity contribution is 5.78. The summed E-state index contributed by atoms with van der Waals surface area (Å²) < 4.78 is 16.4. The first-order chi connectivity index (χ1) is 17.9. The van der Waals surface area contributed by atoms with Crippen molar-refractivity contribution in [2.45, 2.75) is 63.9 Å². The number of likely N-dealkylation sites (tertiary alicyclic amines) is 1. The summed E-state index contributed by atoms with van der Waals surface area (Å²) in [6.45, 7) is 9.47. The minimum Gasteiger partial charge on any atom is -0.464 e. The predicted octanol–water partition coefficient (Wildman–Crippen LogP) is 7.45. The molecule has 196 valence electrons. The zero-order valence-corrected chi connectivity index (χ0v) is 22.2. The van der Waals surface area contributed by atoms with Crippen molar-refractivity contribution in [1.29, 1.82) is 0 Å². The molecule has 2 aliphatic heterocycles. The zero-order chi connectivity index (χ0) is 25.8. The topological polar surface area (TPSA) is 67.8 Å². The van der Waals surface area contributed by atoms with E-state index in [4.69, 9.17) is 13.6 Å². The number of carbonyl (C=O) groups is 1. The van der Waals surface area contributed by atoms with E-state index in [1.165, 1.54) is 29.4 Å². The van der Waals surface area contributed by atoms with E-state index in [0.29, 0.717) is 11.8 Å². The Morgan fingerprint density at radius 1 is 0.811 bits per heavy atom. The van der Waals surface area contributed by atoms with Crippen LogP contribution >= 0.6 is 0 Å². The van der Waals surface area contributed by atoms with Crippen LogP contribution in [0.15, 0.2) is 69.9 Å². The minimum atomic E-state index is -0.432. The smallest absolute Gasteiger partial charge is 0.410 e. The molecule has 0 unspecified atom stereocenters. The van der Waals surface area contributed by atoms with Gasteiger partial charge < -0.3 is 23.8 Å². The molecule has 0 atom stereocenters. The van der Waals surface area contributed by atoms with E-state index in [1.807, 2.05) is 37.8 Å². The van der Waals surface area contributed by atoms with Gasteiger partial charge in [0.05, 0.1) is 12.5 Å². The van der Waals surface area contributed by atoms with Gasteiger partial charge in [-0.05, 0) is 107 Å². The highest BCUT2D eigenvalue weighted by Crippen LogP contribution is 2.31. The van der Waals surface area contributed by atoms with Crippen LogP contribution in [0.1, 0.15) is 69.4 Å². The summed E-state index contributed by atoms with van der Waals surface area (Å²) in [7, 11) is 0. The van der Waals surface area contributed by atoms with Crippen molar-refractivity contribution in [3.05, 3.63) is 72.2 Å². The average Bonchev–Trinajstić information content (AvgIpc) is 3.57. The van der Waals surface area contributed by atoms with E-state index >= 15 is 0 Å². The van der Waals surface area contributed by atoms with Gasteiger partial charge in [-0.3, -0.25) is 0 Å². The molecular formula is C31H38N2O4. The van der Waals surface area contributed by atoms with Gasteiger partial charge in [-0.25, -0.2) is 4.79 Å². The Morgan fingerprint density at radius 2 is 1.32 bits per heavy atom. The molecule has 0 radical (unpaired) electrons. The lowest BCUT2D eigenvalue weighted by Crippen LogP contribution is -2.41. The highest BCUT2D eigenvalue weighted by Gasteiger charge is 2.27. The van der Waals surface area contributed by atoms with E-state index in [0.717, 1.165) is 55.6 Å². The molecule has 1 amide bonds. The largest absolute Gasteiger partial charge is 0.464 e. The molecule has 1 N–H and O–H groups in total. The summed E-state index contributed by atoms with van der Waals surface area (Å²) in [6, 6.07) is 17.0. The number of ether oxygens (including phenoxy) is 1. The van der Waals surface area contributed by atoms with Gasteiger partial charge in [-0.15, -0.1) is 0 Å². The molecule has 2 fully saturated rings. The molecular weight excluding hydrogens is 464 g/mol. The van der Waals surface area contributed by atoms with Crippen LogP contribution in [-0.2, 0) is 4.74 Å². The number of piperidine rings is 2. The molecule has 0 bridgehead atoms. The Labute approximate surface area is 218 Å². The van der Waals surface area contributed by atoms with Crippen molar-refractivity contribution in [3.8, 4) is 0 Å². The van der Waals surface area contributed by atoms with Gasteiger partial charge in [0.1, 0.15) is 16.8 Å². The van der Waals surface area contributed by atoms with Crippen LogP contribution in [0.4, 0.5) is 4.79 Å². The van der Waals surface area contributed by atoms with Crippen molar-refractivity contribution in [1.82, 2.24) is 10.2 Å². The lowest BCUT2D eigenvalue weighted by atomic mass is 9.89. The first-order valence-corrected chi connectivity index (χ1v) is 13.5. The van der Waals surface area contributed by atoms with Crippen LogP contribution in [-0.4, -0.2) is 42.8 Å². The Morgan fingerprint density at radius 3 is 1.84 bits per heavy atom. The summed E-state index contributed by atoms with van der Waals surface area (Å²) in [5.74, 6) is 1.19. The van der Waals surface area contributed by atoms with E-state index in [1.54, 1.807) is 12.5 Å². The molecule has 6 nitrogen and oxygen atoms in total. The molecule has 2 saturated heterocycles. The number of amides is 1. The second-order valence-electron chi connectivity index (χ2n) is 11.2. The van der Waals surface area contributed by atoms with Gasteiger partial charge in [-0.1, -0.05) is 24.3 Å². The summed E-state index contributed by atoms with van der Waals surface area (Å²) in [5, 5.41) is 5.73. The van der Waals surface area contributed by atoms with Crippen LogP contribution in [0.3, 0.4) is 0 Å². The highest BCUT2D eigenvalue weighted by atomic mass is 16.6. The lowest BCUT2D eigenvalue weighted by molar-refractivity contribution is 0.0205. The number of hydrogen-bond acceptors (Lipinski definition) is 5. The number of nitrogens with one attached hydrogen (secondary N) is 1. The number of nitrogens with zero attached hydrogens (tertiary/aromatic N) is 1. The quantitative estimate of drug-likeness (QED) is 0.308. The summed E-state index contributed by atoms with van der Waals surface area (Å²) in [6.07, 6.45) is 7.69. The Kier molecular flexibility index (Phi) is 7.56. The van der Waals surface area contributed by atoms with Crippen LogP contribution in [0.2, 0.25) is 0 Å². The molecule has 6 heteroatoms. The molecule has 0 saturated carbocycles. The second kappa shape index (κ2) is 11.0. The fraction of sp³-hybridized carbons (Fsp3) is 0.452. The SMILES string of the molecule is CC(C)(C)OC(=O)N1CCC(c2ccc3ccoc3c2)CC1.c1cc2ccc(C3CCNCC3)cc2o1. The Hall–Kier alpha value is -3.25. The maximum atomic E-state index is 12.1. The number of furan rings is 2. The normalized spacial score (nSPS) is 17.5. The zero-order valence-electron chi connectivity index (χ0n) is 22.2. The molecule has 2 aromatic carbocycles. The first-order valence-electron chi connectivity index (χ1n) is 13.5. The van der Waals surface area contributed by atoms with Crippen molar-refractivity contribution >= 4 is 28.0 Å². The Balaban J connectivity index is 0.000000162. The summed E-state index contributed by atoms with van der Waals surface area (Å²) in [4.78, 5) is 13.9. The second-order valence-corrected chi connectivity index (χ2v) is 11.2. The Bertz CT molecular complexity index is 1320. The third kappa shape index (κ3) is 6.37. The van der Waals surface area contributed by atoms with E-state index < -0.39 is 5.60 Å². The maximum Gasteiger partial charge on any atom is 0.410 e. The molecule has 2 aromatic heterocycles. The van der Waals surface area contributed by atoms with Gasteiger partial charge in [0, 0.05) is 23.9 Å². The fourth-order valence-corrected chi connectivity index (χ4v) is 5.33. The molecule has 4 aromatic rings. The van der Waals surface area contributed by atoms with E-state index in [9.17, 15) is 4.79 Å². The molecule has 2 aliphatic rings. The summed E-state index contributed by atoms with van der Waals surface area (Å²) >= 11 is 0. The monoisotopic (exact) mass is 502 g/mol.